The van der Waals surface area contributed by atoms with Gasteiger partial charge >= 0.3 is 0 Å². The Bertz CT molecular complexity index is 354. The van der Waals surface area contributed by atoms with Gasteiger partial charge in [0.15, 0.2) is 0 Å². The molecule has 1 heteroatoms. The standard InChI is InChI=1S/C16H23P/c1-12-8-10-16-13(2)9-11-15(12)17(16)14-6-4-3-5-7-14/h3-7,12-13,15-16H,8-11H2,1-2H3/t12-,13-,15+,16+/m0/s1. The maximum atomic E-state index is 2.50. The summed E-state index contributed by atoms with van der Waals surface area (Å²) in [6.07, 6.45) is 5.93. The van der Waals surface area contributed by atoms with Crippen LogP contribution in [0.1, 0.15) is 39.5 Å². The average Bonchev–Trinajstić information content (AvgIpc) is 2.37. The van der Waals surface area contributed by atoms with Crippen LogP contribution in [0.5, 0.6) is 0 Å². The van der Waals surface area contributed by atoms with Gasteiger partial charge in [0.1, 0.15) is 0 Å². The molecule has 0 N–H and O–H groups in total. The predicted octanol–water partition coefficient (Wildman–Crippen LogP) is 4.39. The van der Waals surface area contributed by atoms with E-state index in [0.717, 1.165) is 23.2 Å². The summed E-state index contributed by atoms with van der Waals surface area (Å²) in [5.41, 5.74) is 2.03. The van der Waals surface area contributed by atoms with Crippen molar-refractivity contribution < 1.29 is 0 Å². The minimum atomic E-state index is 0.117. The number of rotatable bonds is 1. The number of hydrogen-bond donors (Lipinski definition) is 0. The first-order chi connectivity index (χ1) is 8.27. The van der Waals surface area contributed by atoms with Crippen LogP contribution in [-0.2, 0) is 0 Å². The minimum absolute atomic E-state index is 0.117. The summed E-state index contributed by atoms with van der Waals surface area (Å²) in [4.78, 5) is 0. The Morgan fingerprint density at radius 3 is 1.88 bits per heavy atom. The molecule has 0 aromatic heterocycles. The smallest absolute Gasteiger partial charge is 0.0141 e. The van der Waals surface area contributed by atoms with Gasteiger partial charge in [-0.05, 0) is 54.1 Å². The summed E-state index contributed by atoms with van der Waals surface area (Å²) in [5.74, 6) is 1.93. The molecule has 17 heavy (non-hydrogen) atoms. The first-order valence-corrected chi connectivity index (χ1v) is 8.59. The molecule has 2 heterocycles. The zero-order valence-electron chi connectivity index (χ0n) is 11.0. The van der Waals surface area contributed by atoms with Crippen LogP contribution in [0.15, 0.2) is 30.3 Å². The molecule has 2 saturated heterocycles. The van der Waals surface area contributed by atoms with Gasteiger partial charge in [-0.1, -0.05) is 52.1 Å². The fourth-order valence-electron chi connectivity index (χ4n) is 3.88. The van der Waals surface area contributed by atoms with Gasteiger partial charge in [-0.3, -0.25) is 0 Å². The lowest BCUT2D eigenvalue weighted by Gasteiger charge is -2.49. The molecule has 0 aliphatic carbocycles. The maximum Gasteiger partial charge on any atom is -0.0141 e. The van der Waals surface area contributed by atoms with Crippen molar-refractivity contribution in [3.63, 3.8) is 0 Å². The van der Waals surface area contributed by atoms with Gasteiger partial charge in [0, 0.05) is 0 Å². The molecule has 2 bridgehead atoms. The fraction of sp³-hybridized carbons (Fsp3) is 0.625. The van der Waals surface area contributed by atoms with Gasteiger partial charge in [-0.15, -0.1) is 0 Å². The van der Waals surface area contributed by atoms with E-state index in [1.165, 1.54) is 25.7 Å². The van der Waals surface area contributed by atoms with Crippen molar-refractivity contribution in [2.24, 2.45) is 11.8 Å². The molecule has 0 amide bonds. The Kier molecular flexibility index (Phi) is 3.26. The van der Waals surface area contributed by atoms with Crippen molar-refractivity contribution in [3.05, 3.63) is 30.3 Å². The van der Waals surface area contributed by atoms with Gasteiger partial charge in [0.2, 0.25) is 0 Å². The summed E-state index contributed by atoms with van der Waals surface area (Å²) >= 11 is 0. The molecule has 92 valence electrons. The van der Waals surface area contributed by atoms with Gasteiger partial charge < -0.3 is 0 Å². The van der Waals surface area contributed by atoms with E-state index >= 15 is 0 Å². The summed E-state index contributed by atoms with van der Waals surface area (Å²) in [5, 5.41) is 1.68. The van der Waals surface area contributed by atoms with Crippen molar-refractivity contribution in [1.29, 1.82) is 0 Å². The molecule has 1 aromatic rings. The normalized spacial score (nSPS) is 41.2. The van der Waals surface area contributed by atoms with Crippen molar-refractivity contribution in [1.82, 2.24) is 0 Å². The molecule has 2 fully saturated rings. The Labute approximate surface area is 107 Å². The molecule has 0 radical (unpaired) electrons. The van der Waals surface area contributed by atoms with Gasteiger partial charge in [-0.25, -0.2) is 0 Å². The Hall–Kier alpha value is -0.350. The summed E-state index contributed by atoms with van der Waals surface area (Å²) in [7, 11) is 0.117. The zero-order valence-corrected chi connectivity index (χ0v) is 11.9. The number of hydrogen-bond acceptors (Lipinski definition) is 0. The molecular weight excluding hydrogens is 223 g/mol. The molecule has 0 saturated carbocycles. The molecule has 0 nitrogen and oxygen atoms in total. The molecule has 0 unspecified atom stereocenters. The lowest BCUT2D eigenvalue weighted by molar-refractivity contribution is 0.327. The Morgan fingerprint density at radius 2 is 1.35 bits per heavy atom. The van der Waals surface area contributed by atoms with Crippen LogP contribution in [0, 0.1) is 11.8 Å². The lowest BCUT2D eigenvalue weighted by atomic mass is 9.85. The van der Waals surface area contributed by atoms with Crippen molar-refractivity contribution in [2.75, 3.05) is 0 Å². The maximum absolute atomic E-state index is 2.50. The zero-order chi connectivity index (χ0) is 11.8. The fourth-order valence-corrected chi connectivity index (χ4v) is 7.90. The van der Waals surface area contributed by atoms with E-state index in [4.69, 9.17) is 0 Å². The second-order valence-corrected chi connectivity index (χ2v) is 8.64. The van der Waals surface area contributed by atoms with Crippen molar-refractivity contribution >= 4 is 13.2 Å². The first kappa shape index (κ1) is 11.7. The molecule has 3 rings (SSSR count). The van der Waals surface area contributed by atoms with E-state index in [2.05, 4.69) is 44.2 Å². The SMILES string of the molecule is C[C@H]1CC[C@@H]2[C@@H](C)CC[C@H]1P2c1ccccc1. The number of fused-ring (bicyclic) bond motifs is 2. The van der Waals surface area contributed by atoms with Crippen LogP contribution in [0.4, 0.5) is 0 Å². The van der Waals surface area contributed by atoms with Crippen molar-refractivity contribution in [2.45, 2.75) is 50.8 Å². The van der Waals surface area contributed by atoms with Crippen LogP contribution >= 0.6 is 7.92 Å². The van der Waals surface area contributed by atoms with Crippen LogP contribution in [0.25, 0.3) is 0 Å². The highest BCUT2D eigenvalue weighted by atomic mass is 31.1. The van der Waals surface area contributed by atoms with Gasteiger partial charge in [-0.2, -0.15) is 0 Å². The number of benzene rings is 1. The Balaban J connectivity index is 1.95. The van der Waals surface area contributed by atoms with E-state index in [1.54, 1.807) is 5.30 Å². The average molecular weight is 246 g/mol. The van der Waals surface area contributed by atoms with Crippen molar-refractivity contribution in [3.8, 4) is 0 Å². The monoisotopic (exact) mass is 246 g/mol. The molecule has 1 aromatic carbocycles. The van der Waals surface area contributed by atoms with Crippen LogP contribution in [-0.4, -0.2) is 11.3 Å². The van der Waals surface area contributed by atoms with E-state index in [-0.39, 0.29) is 7.92 Å². The summed E-state index contributed by atoms with van der Waals surface area (Å²) < 4.78 is 0. The van der Waals surface area contributed by atoms with Gasteiger partial charge in [0.05, 0.1) is 0 Å². The molecule has 0 spiro atoms. The highest BCUT2D eigenvalue weighted by molar-refractivity contribution is 7.67. The lowest BCUT2D eigenvalue weighted by Crippen LogP contribution is -2.39. The van der Waals surface area contributed by atoms with Crippen LogP contribution in [0.2, 0.25) is 0 Å². The predicted molar refractivity (Wildman–Crippen MR) is 77.4 cm³/mol. The first-order valence-electron chi connectivity index (χ1n) is 7.11. The van der Waals surface area contributed by atoms with E-state index in [1.807, 2.05) is 0 Å². The van der Waals surface area contributed by atoms with Crippen LogP contribution in [0.3, 0.4) is 0 Å². The summed E-state index contributed by atoms with van der Waals surface area (Å²) in [6, 6.07) is 11.4. The second-order valence-electron chi connectivity index (χ2n) is 5.99. The molecule has 2 aliphatic heterocycles. The molecule has 2 aliphatic rings. The minimum Gasteiger partial charge on any atom is -0.0684 e. The van der Waals surface area contributed by atoms with E-state index in [0.29, 0.717) is 0 Å². The topological polar surface area (TPSA) is 0 Å². The highest BCUT2D eigenvalue weighted by Crippen LogP contribution is 2.61. The van der Waals surface area contributed by atoms with Crippen LogP contribution < -0.4 is 5.30 Å². The third-order valence-electron chi connectivity index (χ3n) is 4.92. The molecular formula is C16H23P. The quantitative estimate of drug-likeness (QED) is 0.645. The van der Waals surface area contributed by atoms with E-state index < -0.39 is 0 Å². The van der Waals surface area contributed by atoms with Gasteiger partial charge in [0.25, 0.3) is 0 Å². The Morgan fingerprint density at radius 1 is 0.824 bits per heavy atom. The third-order valence-corrected chi connectivity index (χ3v) is 8.78. The highest BCUT2D eigenvalue weighted by Gasteiger charge is 2.43. The summed E-state index contributed by atoms with van der Waals surface area (Å²) in [6.45, 7) is 4.99. The third kappa shape index (κ3) is 2.06. The second kappa shape index (κ2) is 4.73. The largest absolute Gasteiger partial charge is 0.0684 e. The van der Waals surface area contributed by atoms with E-state index in [9.17, 15) is 0 Å². The molecule has 4 atom stereocenters.